The highest BCUT2D eigenvalue weighted by Crippen LogP contribution is 2.39. The lowest BCUT2D eigenvalue weighted by Gasteiger charge is -2.41. The van der Waals surface area contributed by atoms with Crippen molar-refractivity contribution in [3.05, 3.63) is 95.1 Å². The van der Waals surface area contributed by atoms with Gasteiger partial charge in [-0.3, -0.25) is 9.59 Å². The quantitative estimate of drug-likeness (QED) is 0.189. The molecule has 6 rings (SSSR count). The Bertz CT molecular complexity index is 1530. The van der Waals surface area contributed by atoms with E-state index in [9.17, 15) is 14.7 Å². The molecule has 3 aromatic rings. The Kier molecular flexibility index (Phi) is 12.7. The summed E-state index contributed by atoms with van der Waals surface area (Å²) in [7, 11) is 0. The number of amides is 2. The van der Waals surface area contributed by atoms with Crippen LogP contribution in [0.2, 0.25) is 0 Å². The lowest BCUT2D eigenvalue weighted by molar-refractivity contribution is -0.255. The SMILES string of the molecule is CC(=O)NCCCCCC(=O)NCc1ccccc1-c1ccc([C@@H]2O[C@H](CN3CCC4(CC3)OCCO4)C[C@H](c3ccc(CO)cc3)O2)cc1. The number of likely N-dealkylation sites (tertiary alicyclic amines) is 1. The van der Waals surface area contributed by atoms with Crippen molar-refractivity contribution in [2.75, 3.05) is 39.4 Å². The van der Waals surface area contributed by atoms with Crippen LogP contribution in [-0.4, -0.2) is 73.1 Å². The van der Waals surface area contributed by atoms with Crippen LogP contribution in [0.25, 0.3) is 11.1 Å². The van der Waals surface area contributed by atoms with Crippen molar-refractivity contribution < 1.29 is 33.6 Å². The van der Waals surface area contributed by atoms with Gasteiger partial charge in [0, 0.05) is 70.9 Å². The summed E-state index contributed by atoms with van der Waals surface area (Å²) in [5.74, 6) is -0.404. The highest BCUT2D eigenvalue weighted by atomic mass is 16.7. The third kappa shape index (κ3) is 9.78. The van der Waals surface area contributed by atoms with Crippen LogP contribution in [0.4, 0.5) is 0 Å². The van der Waals surface area contributed by atoms with Crippen molar-refractivity contribution in [1.82, 2.24) is 15.5 Å². The molecular weight excluding hydrogens is 634 g/mol. The molecule has 0 saturated carbocycles. The van der Waals surface area contributed by atoms with Gasteiger partial charge in [-0.2, -0.15) is 0 Å². The fourth-order valence-corrected chi connectivity index (χ4v) is 7.09. The monoisotopic (exact) mass is 685 g/mol. The Hall–Kier alpha value is -3.64. The smallest absolute Gasteiger partial charge is 0.220 e. The molecule has 10 nitrogen and oxygen atoms in total. The predicted octanol–water partition coefficient (Wildman–Crippen LogP) is 5.54. The van der Waals surface area contributed by atoms with E-state index in [1.807, 2.05) is 36.4 Å². The van der Waals surface area contributed by atoms with Crippen LogP contribution in [0.1, 0.15) is 86.5 Å². The van der Waals surface area contributed by atoms with Gasteiger partial charge in [-0.1, -0.05) is 79.2 Å². The van der Waals surface area contributed by atoms with Gasteiger partial charge in [-0.25, -0.2) is 0 Å². The van der Waals surface area contributed by atoms with E-state index in [0.29, 0.717) is 32.7 Å². The van der Waals surface area contributed by atoms with Crippen LogP contribution in [0.15, 0.2) is 72.8 Å². The maximum Gasteiger partial charge on any atom is 0.220 e. The molecule has 0 unspecified atom stereocenters. The van der Waals surface area contributed by atoms with Crippen molar-refractivity contribution in [3.63, 3.8) is 0 Å². The molecule has 3 N–H and O–H groups in total. The Morgan fingerprint density at radius 1 is 0.860 bits per heavy atom. The summed E-state index contributed by atoms with van der Waals surface area (Å²) in [6, 6.07) is 24.5. The summed E-state index contributed by atoms with van der Waals surface area (Å²) >= 11 is 0. The fourth-order valence-electron chi connectivity index (χ4n) is 7.09. The first kappa shape index (κ1) is 36.2. The Labute approximate surface area is 295 Å². The minimum absolute atomic E-state index is 0.00795. The first-order chi connectivity index (χ1) is 24.4. The number of hydrogen-bond acceptors (Lipinski definition) is 8. The molecule has 50 heavy (non-hydrogen) atoms. The van der Waals surface area contributed by atoms with E-state index >= 15 is 0 Å². The summed E-state index contributed by atoms with van der Waals surface area (Å²) < 4.78 is 25.2. The van der Waals surface area contributed by atoms with E-state index in [1.165, 1.54) is 6.92 Å². The van der Waals surface area contributed by atoms with Crippen LogP contribution < -0.4 is 10.6 Å². The van der Waals surface area contributed by atoms with Crippen LogP contribution in [-0.2, 0) is 41.7 Å². The van der Waals surface area contributed by atoms with Gasteiger partial charge >= 0.3 is 0 Å². The summed E-state index contributed by atoms with van der Waals surface area (Å²) in [5.41, 5.74) is 6.07. The molecule has 3 fully saturated rings. The van der Waals surface area contributed by atoms with Crippen LogP contribution in [0.3, 0.4) is 0 Å². The number of hydrogen-bond donors (Lipinski definition) is 3. The normalized spacial score (nSPS) is 22.0. The Morgan fingerprint density at radius 3 is 2.30 bits per heavy atom. The number of rotatable bonds is 14. The molecule has 3 saturated heterocycles. The summed E-state index contributed by atoms with van der Waals surface area (Å²) in [6.45, 7) is 6.56. The van der Waals surface area contributed by atoms with Crippen molar-refractivity contribution >= 4 is 11.8 Å². The number of ether oxygens (including phenoxy) is 4. The van der Waals surface area contributed by atoms with Crippen LogP contribution in [0.5, 0.6) is 0 Å². The Morgan fingerprint density at radius 2 is 1.58 bits per heavy atom. The number of aliphatic hydroxyl groups excluding tert-OH is 1. The maximum absolute atomic E-state index is 12.6. The van der Waals surface area contributed by atoms with Gasteiger partial charge in [0.25, 0.3) is 0 Å². The standard InChI is InChI=1S/C40H51N3O7/c1-29(45)41-20-6-2-3-9-38(46)42-26-34-7-4-5-8-36(34)31-14-16-33(17-15-31)39-49-35(25-37(50-39)32-12-10-30(28-44)11-13-32)27-43-21-18-40(19-22-43)47-23-24-48-40/h4-5,7-8,10-17,35,37,39,44H,2-3,6,9,18-28H2,1H3,(H,41,45)(H,42,46)/t35-,37+,39+/m0/s1. The minimum atomic E-state index is -0.532. The molecule has 0 aliphatic carbocycles. The van der Waals surface area contributed by atoms with Crippen molar-refractivity contribution in [2.24, 2.45) is 0 Å². The molecule has 10 heteroatoms. The van der Waals surface area contributed by atoms with E-state index in [-0.39, 0.29) is 30.6 Å². The zero-order valence-electron chi connectivity index (χ0n) is 29.1. The van der Waals surface area contributed by atoms with Crippen molar-refractivity contribution in [1.29, 1.82) is 0 Å². The van der Waals surface area contributed by atoms with E-state index in [1.54, 1.807) is 0 Å². The molecule has 3 aliphatic rings. The molecule has 3 aliphatic heterocycles. The molecule has 1 spiro atoms. The number of carbonyl (C=O) groups is 2. The molecule has 3 heterocycles. The molecule has 3 aromatic carbocycles. The molecule has 2 amide bonds. The number of nitrogens with zero attached hydrogens (tertiary/aromatic N) is 1. The zero-order valence-corrected chi connectivity index (χ0v) is 29.1. The zero-order chi connectivity index (χ0) is 34.8. The number of benzene rings is 3. The van der Waals surface area contributed by atoms with Gasteiger partial charge in [0.05, 0.1) is 32.0 Å². The van der Waals surface area contributed by atoms with Gasteiger partial charge < -0.3 is 39.6 Å². The number of carbonyl (C=O) groups excluding carboxylic acids is 2. The summed E-state index contributed by atoms with van der Waals surface area (Å²) in [5, 5.41) is 15.4. The highest BCUT2D eigenvalue weighted by molar-refractivity contribution is 5.76. The second-order valence-electron chi connectivity index (χ2n) is 13.6. The topological polar surface area (TPSA) is 119 Å². The fraction of sp³-hybridized carbons (Fsp3) is 0.500. The lowest BCUT2D eigenvalue weighted by atomic mass is 9.97. The summed E-state index contributed by atoms with van der Waals surface area (Å²) in [4.78, 5) is 26.0. The van der Waals surface area contributed by atoms with Gasteiger partial charge in [0.1, 0.15) is 0 Å². The van der Waals surface area contributed by atoms with Gasteiger partial charge in [-0.05, 0) is 40.7 Å². The first-order valence-electron chi connectivity index (χ1n) is 18.1. The van der Waals surface area contributed by atoms with Crippen molar-refractivity contribution in [3.8, 4) is 11.1 Å². The first-order valence-corrected chi connectivity index (χ1v) is 18.1. The van der Waals surface area contributed by atoms with Gasteiger partial charge in [0.2, 0.25) is 11.8 Å². The third-order valence-electron chi connectivity index (χ3n) is 9.95. The minimum Gasteiger partial charge on any atom is -0.392 e. The number of unbranched alkanes of at least 4 members (excludes halogenated alkanes) is 2. The van der Waals surface area contributed by atoms with Gasteiger partial charge in [-0.15, -0.1) is 0 Å². The molecular formula is C40H51N3O7. The average Bonchev–Trinajstić information content (AvgIpc) is 3.61. The number of aliphatic hydroxyl groups is 1. The average molecular weight is 686 g/mol. The third-order valence-corrected chi connectivity index (χ3v) is 9.95. The second-order valence-corrected chi connectivity index (χ2v) is 13.6. The Balaban J connectivity index is 1.09. The molecule has 3 atom stereocenters. The van der Waals surface area contributed by atoms with Gasteiger partial charge in [0.15, 0.2) is 12.1 Å². The van der Waals surface area contributed by atoms with Crippen molar-refractivity contribution in [2.45, 2.75) is 89.3 Å². The molecule has 0 bridgehead atoms. The lowest BCUT2D eigenvalue weighted by Crippen LogP contribution is -2.48. The highest BCUT2D eigenvalue weighted by Gasteiger charge is 2.41. The predicted molar refractivity (Wildman–Crippen MR) is 190 cm³/mol. The van der Waals surface area contributed by atoms with Crippen LogP contribution >= 0.6 is 0 Å². The molecule has 0 aromatic heterocycles. The molecule has 268 valence electrons. The van der Waals surface area contributed by atoms with E-state index in [0.717, 1.165) is 91.5 Å². The van der Waals surface area contributed by atoms with E-state index in [4.69, 9.17) is 18.9 Å². The van der Waals surface area contributed by atoms with E-state index in [2.05, 4.69) is 51.9 Å². The molecule has 0 radical (unpaired) electrons. The largest absolute Gasteiger partial charge is 0.392 e. The number of piperidine rings is 1. The summed E-state index contributed by atoms with van der Waals surface area (Å²) in [6.07, 6.45) is 4.76. The number of nitrogens with one attached hydrogen (secondary N) is 2. The maximum atomic E-state index is 12.6. The van der Waals surface area contributed by atoms with E-state index < -0.39 is 12.1 Å². The van der Waals surface area contributed by atoms with Crippen LogP contribution in [0, 0.1) is 0 Å². The second kappa shape index (κ2) is 17.5.